The fourth-order valence-electron chi connectivity index (χ4n) is 2.55. The molecular formula is C15H22BrN. The number of rotatable bonds is 5. The normalized spacial score (nSPS) is 16.7. The molecule has 0 aromatic heterocycles. The van der Waals surface area contributed by atoms with Gasteiger partial charge in [-0.3, -0.25) is 0 Å². The van der Waals surface area contributed by atoms with Crippen LogP contribution in [-0.4, -0.2) is 18.4 Å². The first-order valence-electron chi connectivity index (χ1n) is 6.70. The van der Waals surface area contributed by atoms with Crippen molar-refractivity contribution in [2.24, 2.45) is 5.92 Å². The number of benzene rings is 1. The summed E-state index contributed by atoms with van der Waals surface area (Å²) in [5.41, 5.74) is 3.01. The predicted octanol–water partition coefficient (Wildman–Crippen LogP) is 4.25. The predicted molar refractivity (Wildman–Crippen MR) is 79.2 cm³/mol. The summed E-state index contributed by atoms with van der Waals surface area (Å²) in [6, 6.07) is 8.89. The molecule has 0 saturated heterocycles. The molecular weight excluding hydrogens is 274 g/mol. The molecule has 1 heterocycles. The maximum absolute atomic E-state index is 3.53. The highest BCUT2D eigenvalue weighted by Gasteiger charge is 2.16. The van der Waals surface area contributed by atoms with E-state index in [9.17, 15) is 0 Å². The van der Waals surface area contributed by atoms with Crippen molar-refractivity contribution in [3.63, 3.8) is 0 Å². The Kier molecular flexibility index (Phi) is 4.90. The Morgan fingerprint density at radius 2 is 2.12 bits per heavy atom. The Hall–Kier alpha value is -0.500. The van der Waals surface area contributed by atoms with Crippen LogP contribution in [-0.2, 0) is 6.42 Å². The highest BCUT2D eigenvalue weighted by atomic mass is 79.9. The summed E-state index contributed by atoms with van der Waals surface area (Å²) in [4.78, 5) is 2.57. The van der Waals surface area contributed by atoms with E-state index in [0.29, 0.717) is 0 Å². The standard InChI is InChI=1S/C15H22BrN/c1-13(8-10-16)9-12-17-11-4-6-14-5-2-3-7-15(14)17/h2-3,5,7,13H,4,6,8-12H2,1H3. The topological polar surface area (TPSA) is 3.24 Å². The van der Waals surface area contributed by atoms with Crippen LogP contribution in [0.25, 0.3) is 0 Å². The molecule has 0 fully saturated rings. The molecule has 0 aliphatic carbocycles. The van der Waals surface area contributed by atoms with Gasteiger partial charge in [0.15, 0.2) is 0 Å². The lowest BCUT2D eigenvalue weighted by atomic mass is 10.00. The highest BCUT2D eigenvalue weighted by molar-refractivity contribution is 9.09. The molecule has 0 bridgehead atoms. The average Bonchev–Trinajstić information content (AvgIpc) is 2.36. The van der Waals surface area contributed by atoms with Crippen molar-refractivity contribution in [2.45, 2.75) is 32.6 Å². The maximum Gasteiger partial charge on any atom is 0.0398 e. The lowest BCUT2D eigenvalue weighted by molar-refractivity contribution is 0.509. The summed E-state index contributed by atoms with van der Waals surface area (Å²) in [5.74, 6) is 0.823. The first-order valence-corrected chi connectivity index (χ1v) is 7.82. The van der Waals surface area contributed by atoms with Crippen LogP contribution < -0.4 is 4.90 Å². The van der Waals surface area contributed by atoms with Crippen molar-refractivity contribution in [2.75, 3.05) is 23.3 Å². The Morgan fingerprint density at radius 1 is 1.29 bits per heavy atom. The van der Waals surface area contributed by atoms with Gasteiger partial charge in [-0.2, -0.15) is 0 Å². The molecule has 1 aromatic carbocycles. The van der Waals surface area contributed by atoms with Crippen LogP contribution in [0, 0.1) is 5.92 Å². The number of aryl methyl sites for hydroxylation is 1. The quantitative estimate of drug-likeness (QED) is 0.734. The Morgan fingerprint density at radius 3 is 2.94 bits per heavy atom. The molecule has 1 unspecified atom stereocenters. The van der Waals surface area contributed by atoms with E-state index in [1.807, 2.05) is 0 Å². The molecule has 0 amide bonds. The van der Waals surface area contributed by atoms with Crippen LogP contribution in [0.4, 0.5) is 5.69 Å². The first kappa shape index (κ1) is 12.9. The lowest BCUT2D eigenvalue weighted by Gasteiger charge is -2.32. The average molecular weight is 296 g/mol. The van der Waals surface area contributed by atoms with E-state index in [4.69, 9.17) is 0 Å². The van der Waals surface area contributed by atoms with Gasteiger partial charge in [-0.05, 0) is 43.2 Å². The van der Waals surface area contributed by atoms with Gasteiger partial charge in [-0.1, -0.05) is 41.1 Å². The number of para-hydroxylation sites is 1. The molecule has 1 aliphatic rings. The minimum atomic E-state index is 0.823. The Balaban J connectivity index is 1.94. The molecule has 1 aliphatic heterocycles. The van der Waals surface area contributed by atoms with Gasteiger partial charge in [-0.15, -0.1) is 0 Å². The van der Waals surface area contributed by atoms with Gasteiger partial charge in [0.2, 0.25) is 0 Å². The van der Waals surface area contributed by atoms with Gasteiger partial charge in [0.25, 0.3) is 0 Å². The molecule has 1 nitrogen and oxygen atoms in total. The number of halogens is 1. The summed E-state index contributed by atoms with van der Waals surface area (Å²) in [6.45, 7) is 4.81. The van der Waals surface area contributed by atoms with Crippen LogP contribution in [0.15, 0.2) is 24.3 Å². The van der Waals surface area contributed by atoms with Crippen LogP contribution >= 0.6 is 15.9 Å². The molecule has 1 aromatic rings. The van der Waals surface area contributed by atoms with E-state index in [2.05, 4.69) is 52.0 Å². The SMILES string of the molecule is CC(CCBr)CCN1CCCc2ccccc21. The third kappa shape index (κ3) is 3.48. The van der Waals surface area contributed by atoms with Crippen LogP contribution in [0.5, 0.6) is 0 Å². The number of hydrogen-bond acceptors (Lipinski definition) is 1. The minimum Gasteiger partial charge on any atom is -0.371 e. The summed E-state index contributed by atoms with van der Waals surface area (Å²) in [7, 11) is 0. The fraction of sp³-hybridized carbons (Fsp3) is 0.600. The summed E-state index contributed by atoms with van der Waals surface area (Å²) in [5, 5.41) is 1.13. The van der Waals surface area contributed by atoms with E-state index in [1.165, 1.54) is 50.0 Å². The molecule has 94 valence electrons. The Bertz CT molecular complexity index is 351. The fourth-order valence-corrected chi connectivity index (χ4v) is 3.33. The monoisotopic (exact) mass is 295 g/mol. The zero-order chi connectivity index (χ0) is 12.1. The van der Waals surface area contributed by atoms with Crippen LogP contribution in [0.1, 0.15) is 31.7 Å². The number of hydrogen-bond donors (Lipinski definition) is 0. The van der Waals surface area contributed by atoms with Gasteiger partial charge in [-0.25, -0.2) is 0 Å². The molecule has 1 atom stereocenters. The number of fused-ring (bicyclic) bond motifs is 1. The number of anilines is 1. The third-order valence-corrected chi connectivity index (χ3v) is 4.16. The largest absolute Gasteiger partial charge is 0.371 e. The molecule has 2 heteroatoms. The van der Waals surface area contributed by atoms with Crippen LogP contribution in [0.2, 0.25) is 0 Å². The molecule has 0 N–H and O–H groups in total. The summed E-state index contributed by atoms with van der Waals surface area (Å²) in [6.07, 6.45) is 5.16. The summed E-state index contributed by atoms with van der Waals surface area (Å²) < 4.78 is 0. The van der Waals surface area contributed by atoms with Gasteiger partial charge in [0.05, 0.1) is 0 Å². The smallest absolute Gasteiger partial charge is 0.0398 e. The Labute approximate surface area is 113 Å². The lowest BCUT2D eigenvalue weighted by Crippen LogP contribution is -2.31. The molecule has 0 saturated carbocycles. The van der Waals surface area contributed by atoms with E-state index < -0.39 is 0 Å². The third-order valence-electron chi connectivity index (χ3n) is 3.70. The second kappa shape index (κ2) is 6.44. The van der Waals surface area contributed by atoms with E-state index in [-0.39, 0.29) is 0 Å². The maximum atomic E-state index is 3.53. The molecule has 2 rings (SSSR count). The van der Waals surface area contributed by atoms with Crippen molar-refractivity contribution in [1.82, 2.24) is 0 Å². The highest BCUT2D eigenvalue weighted by Crippen LogP contribution is 2.27. The number of nitrogens with zero attached hydrogens (tertiary/aromatic N) is 1. The minimum absolute atomic E-state index is 0.823. The van der Waals surface area contributed by atoms with Gasteiger partial charge >= 0.3 is 0 Å². The van der Waals surface area contributed by atoms with Crippen molar-refractivity contribution < 1.29 is 0 Å². The first-order chi connectivity index (χ1) is 8.31. The van der Waals surface area contributed by atoms with Crippen molar-refractivity contribution in [3.05, 3.63) is 29.8 Å². The zero-order valence-electron chi connectivity index (χ0n) is 10.7. The van der Waals surface area contributed by atoms with Gasteiger partial charge < -0.3 is 4.90 Å². The number of alkyl halides is 1. The van der Waals surface area contributed by atoms with E-state index >= 15 is 0 Å². The van der Waals surface area contributed by atoms with Crippen molar-refractivity contribution in [3.8, 4) is 0 Å². The van der Waals surface area contributed by atoms with Crippen LogP contribution in [0.3, 0.4) is 0 Å². The molecule has 17 heavy (non-hydrogen) atoms. The van der Waals surface area contributed by atoms with Gasteiger partial charge in [0, 0.05) is 24.1 Å². The second-order valence-electron chi connectivity index (χ2n) is 5.09. The van der Waals surface area contributed by atoms with Crippen molar-refractivity contribution in [1.29, 1.82) is 0 Å². The van der Waals surface area contributed by atoms with E-state index in [1.54, 1.807) is 0 Å². The molecule has 0 spiro atoms. The van der Waals surface area contributed by atoms with Crippen molar-refractivity contribution >= 4 is 21.6 Å². The van der Waals surface area contributed by atoms with E-state index in [0.717, 1.165) is 11.2 Å². The molecule has 0 radical (unpaired) electrons. The second-order valence-corrected chi connectivity index (χ2v) is 5.88. The van der Waals surface area contributed by atoms with Gasteiger partial charge in [0.1, 0.15) is 0 Å². The zero-order valence-corrected chi connectivity index (χ0v) is 12.2. The summed E-state index contributed by atoms with van der Waals surface area (Å²) >= 11 is 3.53.